The van der Waals surface area contributed by atoms with Gasteiger partial charge in [0.25, 0.3) is 0 Å². The van der Waals surface area contributed by atoms with Gasteiger partial charge in [-0.15, -0.1) is 0 Å². The van der Waals surface area contributed by atoms with E-state index in [9.17, 15) is 0 Å². The molecule has 4 aromatic carbocycles. The summed E-state index contributed by atoms with van der Waals surface area (Å²) < 4.78 is 2.31. The highest BCUT2D eigenvalue weighted by Crippen LogP contribution is 2.34. The first-order chi connectivity index (χ1) is 14.8. The summed E-state index contributed by atoms with van der Waals surface area (Å²) >= 11 is 0. The molecule has 0 radical (unpaired) electrons. The van der Waals surface area contributed by atoms with Gasteiger partial charge in [-0.05, 0) is 59.8 Å². The van der Waals surface area contributed by atoms with Crippen molar-refractivity contribution in [1.29, 1.82) is 5.41 Å². The number of nitrogens with two attached hydrogens (primary N) is 1. The van der Waals surface area contributed by atoms with Gasteiger partial charge >= 0.3 is 0 Å². The maximum atomic E-state index is 8.16. The number of allylic oxidation sites excluding steroid dienone is 1. The first-order valence-electron chi connectivity index (χ1n) is 9.92. The second-order valence-corrected chi connectivity index (χ2v) is 7.27. The lowest BCUT2D eigenvalue weighted by molar-refractivity contribution is 1.18. The van der Waals surface area contributed by atoms with Gasteiger partial charge in [0.15, 0.2) is 0 Å². The number of rotatable bonds is 4. The summed E-state index contributed by atoms with van der Waals surface area (Å²) in [7, 11) is 0. The van der Waals surface area contributed by atoms with Crippen molar-refractivity contribution in [3.63, 3.8) is 0 Å². The summed E-state index contributed by atoms with van der Waals surface area (Å²) in [6.07, 6.45) is 3.01. The zero-order valence-corrected chi connectivity index (χ0v) is 16.4. The van der Waals surface area contributed by atoms with Gasteiger partial charge < -0.3 is 15.7 Å². The highest BCUT2D eigenvalue weighted by atomic mass is 15.0. The van der Waals surface area contributed by atoms with Gasteiger partial charge in [-0.25, -0.2) is 0 Å². The molecular weight excluding hydrogens is 366 g/mol. The van der Waals surface area contributed by atoms with Crippen LogP contribution in [0, 0.1) is 5.41 Å². The predicted molar refractivity (Wildman–Crippen MR) is 126 cm³/mol. The third-order valence-electron chi connectivity index (χ3n) is 5.46. The molecule has 1 aromatic heterocycles. The van der Waals surface area contributed by atoms with Gasteiger partial charge in [0, 0.05) is 22.0 Å². The average molecular weight is 387 g/mol. The lowest BCUT2D eigenvalue weighted by atomic mass is 9.99. The van der Waals surface area contributed by atoms with Gasteiger partial charge in [0.05, 0.1) is 16.7 Å². The van der Waals surface area contributed by atoms with Crippen molar-refractivity contribution in [2.45, 2.75) is 0 Å². The van der Waals surface area contributed by atoms with Crippen LogP contribution in [0.15, 0.2) is 109 Å². The molecule has 0 aliphatic heterocycles. The molecule has 3 N–H and O–H groups in total. The highest BCUT2D eigenvalue weighted by Gasteiger charge is 2.13. The van der Waals surface area contributed by atoms with Crippen LogP contribution in [-0.4, -0.2) is 10.3 Å². The van der Waals surface area contributed by atoms with Crippen LogP contribution in [0.1, 0.15) is 5.56 Å². The topological polar surface area (TPSA) is 54.8 Å². The van der Waals surface area contributed by atoms with E-state index in [1.807, 2.05) is 24.3 Å². The maximum Gasteiger partial charge on any atom is 0.0626 e. The van der Waals surface area contributed by atoms with Crippen molar-refractivity contribution in [3.8, 4) is 16.8 Å². The first-order valence-corrected chi connectivity index (χ1v) is 9.92. The van der Waals surface area contributed by atoms with Crippen LogP contribution in [-0.2, 0) is 0 Å². The summed E-state index contributed by atoms with van der Waals surface area (Å²) in [5.41, 5.74) is 12.5. The number of aromatic nitrogens is 1. The van der Waals surface area contributed by atoms with E-state index in [0.29, 0.717) is 5.71 Å². The summed E-state index contributed by atoms with van der Waals surface area (Å²) in [6, 6.07) is 33.6. The van der Waals surface area contributed by atoms with E-state index < -0.39 is 0 Å². The van der Waals surface area contributed by atoms with E-state index in [1.165, 1.54) is 28.0 Å². The first kappa shape index (κ1) is 18.0. The number of nitrogens with zero attached hydrogens (tertiary/aromatic N) is 1. The molecule has 0 saturated heterocycles. The summed E-state index contributed by atoms with van der Waals surface area (Å²) in [5, 5.41) is 10.6. The number of benzene rings is 4. The zero-order chi connectivity index (χ0) is 20.5. The molecule has 0 amide bonds. The largest absolute Gasteiger partial charge is 0.405 e. The van der Waals surface area contributed by atoms with Crippen molar-refractivity contribution >= 4 is 27.5 Å². The molecule has 0 aliphatic carbocycles. The summed E-state index contributed by atoms with van der Waals surface area (Å²) in [5.74, 6) is 0. The summed E-state index contributed by atoms with van der Waals surface area (Å²) in [6.45, 7) is 0. The average Bonchev–Trinajstić information content (AvgIpc) is 3.13. The number of hydrogen-bond donors (Lipinski definition) is 2. The Morgan fingerprint density at radius 1 is 0.700 bits per heavy atom. The van der Waals surface area contributed by atoms with Crippen LogP contribution in [0.5, 0.6) is 0 Å². The minimum absolute atomic E-state index is 0.404. The monoisotopic (exact) mass is 387 g/mol. The van der Waals surface area contributed by atoms with Gasteiger partial charge in [0.2, 0.25) is 0 Å². The van der Waals surface area contributed by atoms with Crippen LogP contribution in [0.4, 0.5) is 0 Å². The van der Waals surface area contributed by atoms with E-state index in [0.717, 1.165) is 22.4 Å². The van der Waals surface area contributed by atoms with Crippen LogP contribution in [0.25, 0.3) is 38.6 Å². The number of para-hydroxylation sites is 2. The van der Waals surface area contributed by atoms with E-state index in [-0.39, 0.29) is 0 Å². The van der Waals surface area contributed by atoms with Gasteiger partial charge in [-0.2, -0.15) is 0 Å². The molecule has 0 bridgehead atoms. The second-order valence-electron chi connectivity index (χ2n) is 7.27. The smallest absolute Gasteiger partial charge is 0.0626 e. The lowest BCUT2D eigenvalue weighted by Gasteiger charge is -2.08. The van der Waals surface area contributed by atoms with Crippen molar-refractivity contribution < 1.29 is 0 Å². The molecule has 5 rings (SSSR count). The van der Waals surface area contributed by atoms with Gasteiger partial charge in [-0.1, -0.05) is 60.7 Å². The Labute approximate surface area is 175 Å². The van der Waals surface area contributed by atoms with Crippen LogP contribution < -0.4 is 5.73 Å². The van der Waals surface area contributed by atoms with Crippen molar-refractivity contribution in [3.05, 3.63) is 115 Å². The minimum Gasteiger partial charge on any atom is -0.405 e. The molecule has 3 heteroatoms. The molecule has 0 atom stereocenters. The SMILES string of the molecule is N=C(C=CN)c1cccc(-c2ccc3c(c2)c2ccccc2n3-c2ccccc2)c1. The Kier molecular flexibility index (Phi) is 4.41. The third kappa shape index (κ3) is 2.97. The Morgan fingerprint density at radius 2 is 1.43 bits per heavy atom. The maximum absolute atomic E-state index is 8.16. The summed E-state index contributed by atoms with van der Waals surface area (Å²) in [4.78, 5) is 0. The molecule has 144 valence electrons. The molecule has 30 heavy (non-hydrogen) atoms. The fourth-order valence-electron chi connectivity index (χ4n) is 4.07. The normalized spacial score (nSPS) is 11.5. The van der Waals surface area contributed by atoms with E-state index >= 15 is 0 Å². The van der Waals surface area contributed by atoms with Gasteiger partial charge in [0.1, 0.15) is 0 Å². The molecule has 0 aliphatic rings. The lowest BCUT2D eigenvalue weighted by Crippen LogP contribution is -1.96. The standard InChI is InChI=1S/C27H21N3/c28-16-15-25(29)21-8-6-7-19(17-21)20-13-14-27-24(18-20)23-11-4-5-12-26(23)30(27)22-9-2-1-3-10-22/h1-18,29H,28H2. The molecule has 3 nitrogen and oxygen atoms in total. The van der Waals surface area contributed by atoms with Crippen molar-refractivity contribution in [1.82, 2.24) is 4.57 Å². The highest BCUT2D eigenvalue weighted by molar-refractivity contribution is 6.11. The van der Waals surface area contributed by atoms with E-state index in [1.54, 1.807) is 6.08 Å². The van der Waals surface area contributed by atoms with Gasteiger partial charge in [-0.3, -0.25) is 0 Å². The van der Waals surface area contributed by atoms with Crippen LogP contribution in [0.3, 0.4) is 0 Å². The Bertz CT molecular complexity index is 1410. The molecule has 0 unspecified atom stereocenters. The second kappa shape index (κ2) is 7.37. The molecular formula is C27H21N3. The zero-order valence-electron chi connectivity index (χ0n) is 16.4. The van der Waals surface area contributed by atoms with Crippen LogP contribution >= 0.6 is 0 Å². The minimum atomic E-state index is 0.404. The number of nitrogens with one attached hydrogen (secondary N) is 1. The van der Waals surface area contributed by atoms with Crippen molar-refractivity contribution in [2.24, 2.45) is 5.73 Å². The molecule has 0 fully saturated rings. The predicted octanol–water partition coefficient (Wildman–Crippen LogP) is 6.29. The Balaban J connectivity index is 1.72. The molecule has 1 heterocycles. The van der Waals surface area contributed by atoms with E-state index in [4.69, 9.17) is 11.1 Å². The fourth-order valence-corrected chi connectivity index (χ4v) is 4.07. The number of hydrogen-bond acceptors (Lipinski definition) is 2. The Morgan fingerprint density at radius 3 is 2.27 bits per heavy atom. The van der Waals surface area contributed by atoms with Crippen molar-refractivity contribution in [2.75, 3.05) is 0 Å². The third-order valence-corrected chi connectivity index (χ3v) is 5.46. The fraction of sp³-hybridized carbons (Fsp3) is 0. The van der Waals surface area contributed by atoms with Crippen LogP contribution in [0.2, 0.25) is 0 Å². The van der Waals surface area contributed by atoms with E-state index in [2.05, 4.69) is 77.4 Å². The molecule has 0 spiro atoms. The molecule has 5 aromatic rings. The quantitative estimate of drug-likeness (QED) is 0.350. The Hall–Kier alpha value is -4.11. The molecule has 0 saturated carbocycles. The number of fused-ring (bicyclic) bond motifs is 3.